The molecule has 1 aromatic carbocycles. The van der Waals surface area contributed by atoms with Gasteiger partial charge in [-0.2, -0.15) is 0 Å². The second-order valence-electron chi connectivity index (χ2n) is 3.70. The molecule has 1 heterocycles. The van der Waals surface area contributed by atoms with Crippen LogP contribution in [0.2, 0.25) is 0 Å². The Morgan fingerprint density at radius 3 is 2.80 bits per heavy atom. The number of thioether (sulfide) groups is 1. The highest BCUT2D eigenvalue weighted by Crippen LogP contribution is 2.40. The third-order valence-corrected chi connectivity index (χ3v) is 3.91. The van der Waals surface area contributed by atoms with Gasteiger partial charge in [0.1, 0.15) is 5.75 Å². The van der Waals surface area contributed by atoms with Gasteiger partial charge in [0.15, 0.2) is 0 Å². The molecule has 2 nitrogen and oxygen atoms in total. The number of hydrogen-bond acceptors (Lipinski definition) is 3. The van der Waals surface area contributed by atoms with Crippen LogP contribution < -0.4 is 4.74 Å². The monoisotopic (exact) mass is 221 g/mol. The summed E-state index contributed by atoms with van der Waals surface area (Å²) < 4.78 is 5.23. The third-order valence-electron chi connectivity index (χ3n) is 2.54. The van der Waals surface area contributed by atoms with E-state index in [0.29, 0.717) is 11.3 Å². The van der Waals surface area contributed by atoms with Crippen LogP contribution in [0.5, 0.6) is 5.75 Å². The number of aliphatic imine (C=N–C) groups is 1. The van der Waals surface area contributed by atoms with E-state index in [-0.39, 0.29) is 0 Å². The lowest BCUT2D eigenvalue weighted by Gasteiger charge is -2.14. The van der Waals surface area contributed by atoms with Crippen molar-refractivity contribution in [3.8, 4) is 5.75 Å². The van der Waals surface area contributed by atoms with Gasteiger partial charge >= 0.3 is 0 Å². The van der Waals surface area contributed by atoms with E-state index in [1.165, 1.54) is 10.6 Å². The van der Waals surface area contributed by atoms with Crippen molar-refractivity contribution in [3.05, 3.63) is 29.8 Å². The SMILES string of the molecule is COc1cccc(C2SC(C)=N[C@@H]2C)c1. The summed E-state index contributed by atoms with van der Waals surface area (Å²) in [4.78, 5) is 4.54. The number of methoxy groups -OCH3 is 1. The lowest BCUT2D eigenvalue weighted by atomic mass is 10.1. The summed E-state index contributed by atoms with van der Waals surface area (Å²) in [6.07, 6.45) is 0. The van der Waals surface area contributed by atoms with Crippen molar-refractivity contribution < 1.29 is 4.74 Å². The molecule has 0 spiro atoms. The van der Waals surface area contributed by atoms with Crippen LogP contribution in [0.15, 0.2) is 29.3 Å². The molecule has 2 rings (SSSR count). The predicted molar refractivity (Wildman–Crippen MR) is 65.9 cm³/mol. The maximum atomic E-state index is 5.23. The standard InChI is InChI=1S/C12H15NOS/c1-8-12(15-9(2)13-8)10-5-4-6-11(7-10)14-3/h4-8,12H,1-3H3/t8-,12?/m1/s1. The zero-order chi connectivity index (χ0) is 10.8. The van der Waals surface area contributed by atoms with Gasteiger partial charge in [0.25, 0.3) is 0 Å². The molecule has 1 aliphatic rings. The predicted octanol–water partition coefficient (Wildman–Crippen LogP) is 3.29. The molecule has 0 amide bonds. The van der Waals surface area contributed by atoms with Crippen LogP contribution in [0.25, 0.3) is 0 Å². The normalized spacial score (nSPS) is 25.1. The minimum atomic E-state index is 0.363. The molecule has 0 saturated heterocycles. The highest BCUT2D eigenvalue weighted by molar-refractivity contribution is 8.14. The van der Waals surface area contributed by atoms with Crippen molar-refractivity contribution in [1.29, 1.82) is 0 Å². The molecule has 0 aliphatic carbocycles. The molecule has 0 saturated carbocycles. The first-order chi connectivity index (χ1) is 7.20. The second kappa shape index (κ2) is 4.27. The van der Waals surface area contributed by atoms with Gasteiger partial charge in [-0.1, -0.05) is 12.1 Å². The Labute approximate surface area is 94.7 Å². The summed E-state index contributed by atoms with van der Waals surface area (Å²) in [5.41, 5.74) is 1.30. The van der Waals surface area contributed by atoms with Crippen molar-refractivity contribution >= 4 is 16.8 Å². The molecule has 1 aromatic rings. The molecule has 0 fully saturated rings. The second-order valence-corrected chi connectivity index (χ2v) is 5.04. The number of nitrogens with zero attached hydrogens (tertiary/aromatic N) is 1. The van der Waals surface area contributed by atoms with E-state index >= 15 is 0 Å². The first kappa shape index (κ1) is 10.6. The maximum absolute atomic E-state index is 5.23. The lowest BCUT2D eigenvalue weighted by Crippen LogP contribution is -2.04. The molecule has 0 radical (unpaired) electrons. The third kappa shape index (κ3) is 2.17. The Morgan fingerprint density at radius 1 is 1.40 bits per heavy atom. The van der Waals surface area contributed by atoms with E-state index in [4.69, 9.17) is 4.74 Å². The maximum Gasteiger partial charge on any atom is 0.119 e. The van der Waals surface area contributed by atoms with E-state index in [1.54, 1.807) is 7.11 Å². The summed E-state index contributed by atoms with van der Waals surface area (Å²) >= 11 is 1.84. The number of hydrogen-bond donors (Lipinski definition) is 0. The summed E-state index contributed by atoms with van der Waals surface area (Å²) in [6.45, 7) is 4.23. The Morgan fingerprint density at radius 2 is 2.20 bits per heavy atom. The zero-order valence-corrected chi connectivity index (χ0v) is 10.0. The molecule has 0 N–H and O–H groups in total. The molecular weight excluding hydrogens is 206 g/mol. The van der Waals surface area contributed by atoms with E-state index < -0.39 is 0 Å². The zero-order valence-electron chi connectivity index (χ0n) is 9.23. The number of rotatable bonds is 2. The Bertz CT molecular complexity index is 389. The van der Waals surface area contributed by atoms with E-state index in [1.807, 2.05) is 23.9 Å². The van der Waals surface area contributed by atoms with Gasteiger partial charge in [-0.25, -0.2) is 0 Å². The van der Waals surface area contributed by atoms with Gasteiger partial charge < -0.3 is 4.74 Å². The highest BCUT2D eigenvalue weighted by Gasteiger charge is 2.26. The fraction of sp³-hybridized carbons (Fsp3) is 0.417. The largest absolute Gasteiger partial charge is 0.497 e. The Balaban J connectivity index is 2.23. The first-order valence-electron chi connectivity index (χ1n) is 5.05. The minimum absolute atomic E-state index is 0.363. The smallest absolute Gasteiger partial charge is 0.119 e. The Hall–Kier alpha value is -0.960. The van der Waals surface area contributed by atoms with Gasteiger partial charge in [-0.05, 0) is 31.5 Å². The van der Waals surface area contributed by atoms with Gasteiger partial charge in [-0.15, -0.1) is 11.8 Å². The topological polar surface area (TPSA) is 21.6 Å². The quantitative estimate of drug-likeness (QED) is 0.764. The van der Waals surface area contributed by atoms with Crippen molar-refractivity contribution in [1.82, 2.24) is 0 Å². The van der Waals surface area contributed by atoms with Gasteiger partial charge in [0, 0.05) is 0 Å². The molecule has 0 aromatic heterocycles. The summed E-state index contributed by atoms with van der Waals surface area (Å²) in [7, 11) is 1.70. The van der Waals surface area contributed by atoms with Crippen LogP contribution in [0.1, 0.15) is 24.7 Å². The average molecular weight is 221 g/mol. The van der Waals surface area contributed by atoms with Crippen LogP contribution in [0.3, 0.4) is 0 Å². The fourth-order valence-corrected chi connectivity index (χ4v) is 2.97. The molecule has 0 bridgehead atoms. The van der Waals surface area contributed by atoms with Crippen LogP contribution in [0.4, 0.5) is 0 Å². The van der Waals surface area contributed by atoms with Crippen molar-refractivity contribution in [3.63, 3.8) is 0 Å². The highest BCUT2D eigenvalue weighted by atomic mass is 32.2. The minimum Gasteiger partial charge on any atom is -0.497 e. The van der Waals surface area contributed by atoms with Crippen molar-refractivity contribution in [2.45, 2.75) is 25.1 Å². The molecule has 1 aliphatic heterocycles. The summed E-state index contributed by atoms with van der Waals surface area (Å²) in [5, 5.41) is 1.62. The molecular formula is C12H15NOS. The van der Waals surface area contributed by atoms with Crippen LogP contribution in [-0.4, -0.2) is 18.2 Å². The Kier molecular flexibility index (Phi) is 3.00. The van der Waals surface area contributed by atoms with Crippen molar-refractivity contribution in [2.24, 2.45) is 4.99 Å². The summed E-state index contributed by atoms with van der Waals surface area (Å²) in [6, 6.07) is 8.62. The molecule has 80 valence electrons. The average Bonchev–Trinajstić information content (AvgIpc) is 2.58. The lowest BCUT2D eigenvalue weighted by molar-refractivity contribution is 0.414. The van der Waals surface area contributed by atoms with E-state index in [0.717, 1.165) is 5.75 Å². The van der Waals surface area contributed by atoms with Crippen LogP contribution in [0, 0.1) is 0 Å². The number of benzene rings is 1. The fourth-order valence-electron chi connectivity index (χ4n) is 1.83. The first-order valence-corrected chi connectivity index (χ1v) is 5.93. The molecule has 1 unspecified atom stereocenters. The van der Waals surface area contributed by atoms with E-state index in [2.05, 4.69) is 31.0 Å². The number of ether oxygens (including phenoxy) is 1. The molecule has 15 heavy (non-hydrogen) atoms. The van der Waals surface area contributed by atoms with Gasteiger partial charge in [0.2, 0.25) is 0 Å². The summed E-state index contributed by atoms with van der Waals surface area (Å²) in [5.74, 6) is 0.921. The van der Waals surface area contributed by atoms with E-state index in [9.17, 15) is 0 Å². The molecule has 2 atom stereocenters. The molecule has 3 heteroatoms. The van der Waals surface area contributed by atoms with Crippen molar-refractivity contribution in [2.75, 3.05) is 7.11 Å². The van der Waals surface area contributed by atoms with Gasteiger partial charge in [0.05, 0.1) is 23.4 Å². The van der Waals surface area contributed by atoms with Gasteiger partial charge in [-0.3, -0.25) is 4.99 Å². The van der Waals surface area contributed by atoms with Crippen LogP contribution >= 0.6 is 11.8 Å². The van der Waals surface area contributed by atoms with Crippen LogP contribution in [-0.2, 0) is 0 Å².